The van der Waals surface area contributed by atoms with Crippen molar-refractivity contribution in [1.29, 1.82) is 0 Å². The summed E-state index contributed by atoms with van der Waals surface area (Å²) in [7, 11) is 1.73. The molecule has 6 nitrogen and oxygen atoms in total. The highest BCUT2D eigenvalue weighted by Gasteiger charge is 2.35. The number of nitrogens with one attached hydrogen (secondary N) is 1. The minimum absolute atomic E-state index is 0.123. The molecule has 7 heteroatoms. The Bertz CT molecular complexity index is 327. The Morgan fingerprint density at radius 2 is 2.21 bits per heavy atom. The molecule has 0 aromatic carbocycles. The summed E-state index contributed by atoms with van der Waals surface area (Å²) < 4.78 is 5.12. The topological polar surface area (TPSA) is 78.9 Å². The van der Waals surface area contributed by atoms with Crippen molar-refractivity contribution < 1.29 is 19.4 Å². The molecule has 1 rings (SSSR count). The zero-order valence-corrected chi connectivity index (χ0v) is 12.4. The zero-order valence-electron chi connectivity index (χ0n) is 11.6. The number of nitrogens with zero attached hydrogens (tertiary/aromatic N) is 1. The van der Waals surface area contributed by atoms with Gasteiger partial charge in [0.05, 0.1) is 19.3 Å². The second-order valence-electron chi connectivity index (χ2n) is 4.78. The van der Waals surface area contributed by atoms with Gasteiger partial charge >= 0.3 is 12.0 Å². The Morgan fingerprint density at radius 1 is 1.53 bits per heavy atom. The van der Waals surface area contributed by atoms with E-state index < -0.39 is 17.9 Å². The Hall–Kier alpha value is -0.950. The van der Waals surface area contributed by atoms with E-state index in [-0.39, 0.29) is 25.3 Å². The smallest absolute Gasteiger partial charge is 0.317 e. The van der Waals surface area contributed by atoms with Crippen LogP contribution in [0.5, 0.6) is 0 Å². The maximum atomic E-state index is 12.0. The molecule has 1 heterocycles. The fourth-order valence-corrected chi connectivity index (χ4v) is 2.46. The van der Waals surface area contributed by atoms with Gasteiger partial charge in [-0.25, -0.2) is 4.79 Å². The van der Waals surface area contributed by atoms with Crippen LogP contribution in [0.1, 0.15) is 13.3 Å². The average Bonchev–Trinajstić information content (AvgIpc) is 2.83. The maximum absolute atomic E-state index is 12.0. The number of thioether (sulfide) groups is 1. The lowest BCUT2D eigenvalue weighted by Gasteiger charge is -2.27. The van der Waals surface area contributed by atoms with Gasteiger partial charge in [0.2, 0.25) is 0 Å². The van der Waals surface area contributed by atoms with Gasteiger partial charge in [-0.05, 0) is 25.4 Å². The second kappa shape index (κ2) is 7.59. The molecule has 2 amide bonds. The molecule has 3 unspecified atom stereocenters. The normalized spacial score (nSPS) is 23.9. The van der Waals surface area contributed by atoms with Crippen LogP contribution in [-0.4, -0.2) is 66.4 Å². The molecular weight excluding hydrogens is 268 g/mol. The number of urea groups is 1. The first kappa shape index (κ1) is 16.1. The van der Waals surface area contributed by atoms with Crippen molar-refractivity contribution in [1.82, 2.24) is 10.2 Å². The Morgan fingerprint density at radius 3 is 2.79 bits per heavy atom. The summed E-state index contributed by atoms with van der Waals surface area (Å²) >= 11 is 1.74. The van der Waals surface area contributed by atoms with E-state index in [1.165, 1.54) is 0 Å². The lowest BCUT2D eigenvalue weighted by molar-refractivity contribution is -0.142. The van der Waals surface area contributed by atoms with Gasteiger partial charge in [-0.2, -0.15) is 11.8 Å². The lowest BCUT2D eigenvalue weighted by Crippen LogP contribution is -2.50. The summed E-state index contributed by atoms with van der Waals surface area (Å²) in [6, 6.07) is -0.561. The summed E-state index contributed by atoms with van der Waals surface area (Å²) in [5.41, 5.74) is 0. The first-order valence-corrected chi connectivity index (χ1v) is 7.69. The van der Waals surface area contributed by atoms with E-state index in [0.717, 1.165) is 12.2 Å². The summed E-state index contributed by atoms with van der Waals surface area (Å²) in [5, 5.41) is 11.8. The quantitative estimate of drug-likeness (QED) is 0.759. The first-order chi connectivity index (χ1) is 8.97. The van der Waals surface area contributed by atoms with E-state index >= 15 is 0 Å². The molecular formula is C12H22N2O4S. The molecule has 1 aliphatic heterocycles. The number of aliphatic carboxylic acids is 1. The van der Waals surface area contributed by atoms with E-state index in [4.69, 9.17) is 9.84 Å². The third kappa shape index (κ3) is 4.58. The van der Waals surface area contributed by atoms with Gasteiger partial charge in [-0.1, -0.05) is 0 Å². The van der Waals surface area contributed by atoms with Crippen molar-refractivity contribution in [2.24, 2.45) is 5.92 Å². The van der Waals surface area contributed by atoms with Crippen LogP contribution in [0.4, 0.5) is 4.79 Å². The molecule has 0 aromatic heterocycles. The Labute approximate surface area is 117 Å². The highest BCUT2D eigenvalue weighted by molar-refractivity contribution is 7.98. The highest BCUT2D eigenvalue weighted by Crippen LogP contribution is 2.15. The van der Waals surface area contributed by atoms with Gasteiger partial charge in [0.15, 0.2) is 0 Å². The summed E-state index contributed by atoms with van der Waals surface area (Å²) in [6.45, 7) is 2.40. The molecule has 0 aliphatic carbocycles. The number of rotatable bonds is 6. The van der Waals surface area contributed by atoms with E-state index in [1.807, 2.05) is 13.2 Å². The van der Waals surface area contributed by atoms with Crippen LogP contribution in [-0.2, 0) is 9.53 Å². The molecule has 3 atom stereocenters. The van der Waals surface area contributed by atoms with Crippen LogP contribution in [0.3, 0.4) is 0 Å². The number of carboxylic acid groups (broad SMARTS) is 1. The minimum Gasteiger partial charge on any atom is -0.481 e. The number of amides is 2. The molecule has 2 N–H and O–H groups in total. The summed E-state index contributed by atoms with van der Waals surface area (Å²) in [5.74, 6) is -0.594. The van der Waals surface area contributed by atoms with Crippen molar-refractivity contribution in [2.75, 3.05) is 32.3 Å². The van der Waals surface area contributed by atoms with Crippen LogP contribution in [0.15, 0.2) is 0 Å². The number of hydrogen-bond donors (Lipinski definition) is 2. The van der Waals surface area contributed by atoms with Gasteiger partial charge in [-0.3, -0.25) is 4.79 Å². The van der Waals surface area contributed by atoms with Crippen molar-refractivity contribution in [3.63, 3.8) is 0 Å². The highest BCUT2D eigenvalue weighted by atomic mass is 32.2. The second-order valence-corrected chi connectivity index (χ2v) is 5.77. The van der Waals surface area contributed by atoms with Crippen LogP contribution >= 0.6 is 11.8 Å². The van der Waals surface area contributed by atoms with Crippen molar-refractivity contribution in [3.05, 3.63) is 0 Å². The standard InChI is InChI=1S/C12H22N2O4S/c1-8(4-5-19-3)14(2)12(17)13-10-7-18-6-9(10)11(15)16/h8-10H,4-7H2,1-3H3,(H,13,17)(H,15,16). The third-order valence-electron chi connectivity index (χ3n) is 3.43. The fraction of sp³-hybridized carbons (Fsp3) is 0.833. The molecule has 0 radical (unpaired) electrons. The Kier molecular flexibility index (Phi) is 6.44. The SMILES string of the molecule is CSCCC(C)N(C)C(=O)NC1COCC1C(=O)O. The van der Waals surface area contributed by atoms with E-state index in [0.29, 0.717) is 0 Å². The van der Waals surface area contributed by atoms with Crippen molar-refractivity contribution in [3.8, 4) is 0 Å². The monoisotopic (exact) mass is 290 g/mol. The predicted molar refractivity (Wildman–Crippen MR) is 74.5 cm³/mol. The summed E-state index contributed by atoms with van der Waals surface area (Å²) in [4.78, 5) is 24.6. The third-order valence-corrected chi connectivity index (χ3v) is 4.07. The Balaban J connectivity index is 2.47. The number of carboxylic acids is 1. The lowest BCUT2D eigenvalue weighted by atomic mass is 10.0. The van der Waals surface area contributed by atoms with E-state index in [9.17, 15) is 9.59 Å². The van der Waals surface area contributed by atoms with Gasteiger partial charge < -0.3 is 20.1 Å². The number of carbonyl (C=O) groups excluding carboxylic acids is 1. The number of carbonyl (C=O) groups is 2. The summed E-state index contributed by atoms with van der Waals surface area (Å²) in [6.07, 6.45) is 2.94. The van der Waals surface area contributed by atoms with Gasteiger partial charge in [0, 0.05) is 13.1 Å². The number of hydrogen-bond acceptors (Lipinski definition) is 4. The van der Waals surface area contributed by atoms with Crippen LogP contribution in [0.2, 0.25) is 0 Å². The van der Waals surface area contributed by atoms with Crippen LogP contribution in [0, 0.1) is 5.92 Å². The maximum Gasteiger partial charge on any atom is 0.317 e. The molecule has 110 valence electrons. The van der Waals surface area contributed by atoms with Crippen molar-refractivity contribution >= 4 is 23.8 Å². The number of ether oxygens (including phenoxy) is 1. The van der Waals surface area contributed by atoms with Gasteiger partial charge in [0.1, 0.15) is 5.92 Å². The molecule has 1 saturated heterocycles. The molecule has 0 saturated carbocycles. The minimum atomic E-state index is -0.930. The predicted octanol–water partition coefficient (Wildman–Crippen LogP) is 0.869. The van der Waals surface area contributed by atoms with E-state index in [1.54, 1.807) is 23.7 Å². The van der Waals surface area contributed by atoms with Crippen LogP contribution < -0.4 is 5.32 Å². The van der Waals surface area contributed by atoms with Gasteiger partial charge in [-0.15, -0.1) is 0 Å². The average molecular weight is 290 g/mol. The molecule has 19 heavy (non-hydrogen) atoms. The molecule has 1 aliphatic rings. The first-order valence-electron chi connectivity index (χ1n) is 6.30. The zero-order chi connectivity index (χ0) is 14.4. The van der Waals surface area contributed by atoms with Crippen LogP contribution in [0.25, 0.3) is 0 Å². The molecule has 0 aromatic rings. The molecule has 1 fully saturated rings. The largest absolute Gasteiger partial charge is 0.481 e. The van der Waals surface area contributed by atoms with Gasteiger partial charge in [0.25, 0.3) is 0 Å². The molecule has 0 bridgehead atoms. The fourth-order valence-electron chi connectivity index (χ4n) is 1.88. The van der Waals surface area contributed by atoms with Crippen molar-refractivity contribution in [2.45, 2.75) is 25.4 Å². The van der Waals surface area contributed by atoms with E-state index in [2.05, 4.69) is 5.32 Å². The molecule has 0 spiro atoms.